The zero-order valence-electron chi connectivity index (χ0n) is 15.4. The number of thioether (sulfide) groups is 1. The van der Waals surface area contributed by atoms with E-state index in [2.05, 4.69) is 0 Å². The number of carbonyl (C=O) groups excluding carboxylic acids is 1. The Bertz CT molecular complexity index is 994. The molecule has 1 saturated carbocycles. The van der Waals surface area contributed by atoms with Gasteiger partial charge in [-0.25, -0.2) is 4.79 Å². The molecule has 7 heteroatoms. The van der Waals surface area contributed by atoms with Gasteiger partial charge in [0, 0.05) is 22.3 Å². The summed E-state index contributed by atoms with van der Waals surface area (Å²) in [5, 5.41) is 0.503. The molecule has 1 fully saturated rings. The van der Waals surface area contributed by atoms with Crippen LogP contribution >= 0.6 is 23.4 Å². The summed E-state index contributed by atoms with van der Waals surface area (Å²) in [6.45, 7) is 3.55. The fourth-order valence-corrected chi connectivity index (χ4v) is 4.63. The zero-order valence-corrected chi connectivity index (χ0v) is 16.9. The summed E-state index contributed by atoms with van der Waals surface area (Å²) < 4.78 is 12.4. The maximum Gasteiger partial charge on any atom is 0.344 e. The van der Waals surface area contributed by atoms with Gasteiger partial charge in [0.05, 0.1) is 23.9 Å². The molecule has 0 spiro atoms. The summed E-state index contributed by atoms with van der Waals surface area (Å²) in [6.07, 6.45) is 1.59. The third-order valence-electron chi connectivity index (χ3n) is 4.68. The van der Waals surface area contributed by atoms with Crippen molar-refractivity contribution in [3.63, 3.8) is 0 Å². The van der Waals surface area contributed by atoms with Crippen LogP contribution in [0.25, 0.3) is 11.3 Å². The Morgan fingerprint density at radius 3 is 2.67 bits per heavy atom. The number of hydrogen-bond donors (Lipinski definition) is 0. The SMILES string of the molecule is COc1cc2c(cc1Cl)-c1c(cc(C(=O)OC(C)C)c(=O)n1C1CC1)CS2. The number of methoxy groups -OCH3 is 1. The Balaban J connectivity index is 1.93. The minimum absolute atomic E-state index is 0.109. The lowest BCUT2D eigenvalue weighted by atomic mass is 10.0. The molecule has 1 aromatic carbocycles. The van der Waals surface area contributed by atoms with Crippen LogP contribution in [0.3, 0.4) is 0 Å². The number of pyridine rings is 1. The van der Waals surface area contributed by atoms with Crippen LogP contribution in [-0.4, -0.2) is 23.8 Å². The lowest BCUT2D eigenvalue weighted by molar-refractivity contribution is 0.0375. The van der Waals surface area contributed by atoms with E-state index in [0.29, 0.717) is 16.5 Å². The van der Waals surface area contributed by atoms with Gasteiger partial charge in [0.25, 0.3) is 5.56 Å². The van der Waals surface area contributed by atoms with E-state index in [9.17, 15) is 9.59 Å². The molecular formula is C20H20ClNO4S. The van der Waals surface area contributed by atoms with E-state index >= 15 is 0 Å². The van der Waals surface area contributed by atoms with Crippen LogP contribution in [0.4, 0.5) is 0 Å². The fraction of sp³-hybridized carbons (Fsp3) is 0.400. The monoisotopic (exact) mass is 405 g/mol. The van der Waals surface area contributed by atoms with Gasteiger partial charge in [-0.15, -0.1) is 11.8 Å². The van der Waals surface area contributed by atoms with Crippen molar-refractivity contribution in [2.24, 2.45) is 0 Å². The van der Waals surface area contributed by atoms with Crippen LogP contribution in [-0.2, 0) is 10.5 Å². The molecule has 0 radical (unpaired) electrons. The number of benzene rings is 1. The first kappa shape index (κ1) is 18.4. The molecule has 0 atom stereocenters. The topological polar surface area (TPSA) is 57.5 Å². The quantitative estimate of drug-likeness (QED) is 0.691. The van der Waals surface area contributed by atoms with Crippen molar-refractivity contribution in [2.75, 3.05) is 7.11 Å². The van der Waals surface area contributed by atoms with Gasteiger partial charge in [-0.1, -0.05) is 11.6 Å². The normalized spacial score (nSPS) is 15.3. The number of nitrogens with zero attached hydrogens (tertiary/aromatic N) is 1. The molecule has 27 heavy (non-hydrogen) atoms. The van der Waals surface area contributed by atoms with E-state index in [1.807, 2.05) is 12.1 Å². The first-order valence-electron chi connectivity index (χ1n) is 8.90. The van der Waals surface area contributed by atoms with Crippen molar-refractivity contribution >= 4 is 29.3 Å². The van der Waals surface area contributed by atoms with E-state index in [4.69, 9.17) is 21.1 Å². The van der Waals surface area contributed by atoms with Gasteiger partial charge in [0.15, 0.2) is 0 Å². The first-order chi connectivity index (χ1) is 12.9. The van der Waals surface area contributed by atoms with Gasteiger partial charge in [0.2, 0.25) is 0 Å². The molecule has 5 nitrogen and oxygen atoms in total. The summed E-state index contributed by atoms with van der Waals surface area (Å²) >= 11 is 8.00. The highest BCUT2D eigenvalue weighted by atomic mass is 35.5. The highest BCUT2D eigenvalue weighted by Gasteiger charge is 2.34. The molecule has 0 saturated heterocycles. The molecule has 1 aromatic heterocycles. The van der Waals surface area contributed by atoms with Crippen molar-refractivity contribution in [1.82, 2.24) is 4.57 Å². The van der Waals surface area contributed by atoms with E-state index in [-0.39, 0.29) is 23.3 Å². The fourth-order valence-electron chi connectivity index (χ4n) is 3.36. The van der Waals surface area contributed by atoms with Crippen LogP contribution in [0.1, 0.15) is 48.7 Å². The number of aromatic nitrogens is 1. The van der Waals surface area contributed by atoms with Crippen LogP contribution in [0.5, 0.6) is 5.75 Å². The highest BCUT2D eigenvalue weighted by Crippen LogP contribution is 2.48. The summed E-state index contributed by atoms with van der Waals surface area (Å²) in [5.41, 5.74) is 2.56. The lowest BCUT2D eigenvalue weighted by Crippen LogP contribution is -2.30. The lowest BCUT2D eigenvalue weighted by Gasteiger charge is -2.25. The third-order valence-corrected chi connectivity index (χ3v) is 6.08. The molecule has 0 amide bonds. The Labute approximate surface area is 166 Å². The molecule has 1 aliphatic carbocycles. The average Bonchev–Trinajstić information content (AvgIpc) is 3.44. The molecule has 2 aliphatic rings. The van der Waals surface area contributed by atoms with Crippen molar-refractivity contribution in [1.29, 1.82) is 0 Å². The number of halogens is 1. The Morgan fingerprint density at radius 2 is 2.04 bits per heavy atom. The van der Waals surface area contributed by atoms with Crippen LogP contribution < -0.4 is 10.3 Å². The number of hydrogen-bond acceptors (Lipinski definition) is 5. The Morgan fingerprint density at radius 1 is 1.30 bits per heavy atom. The number of fused-ring (bicyclic) bond motifs is 3. The van der Waals surface area contributed by atoms with Crippen molar-refractivity contribution < 1.29 is 14.3 Å². The minimum Gasteiger partial charge on any atom is -0.495 e. The molecule has 2 aromatic rings. The molecule has 0 N–H and O–H groups in total. The summed E-state index contributed by atoms with van der Waals surface area (Å²) in [7, 11) is 1.59. The van der Waals surface area contributed by atoms with Gasteiger partial charge >= 0.3 is 5.97 Å². The second-order valence-corrected chi connectivity index (χ2v) is 8.49. The predicted octanol–water partition coefficient (Wildman–Crippen LogP) is 4.68. The van der Waals surface area contributed by atoms with Crippen molar-refractivity contribution in [3.8, 4) is 17.0 Å². The molecule has 2 heterocycles. The van der Waals surface area contributed by atoms with E-state index in [1.165, 1.54) is 0 Å². The van der Waals surface area contributed by atoms with Gasteiger partial charge in [0.1, 0.15) is 11.3 Å². The van der Waals surface area contributed by atoms with Crippen LogP contribution in [0.15, 0.2) is 27.9 Å². The largest absolute Gasteiger partial charge is 0.495 e. The van der Waals surface area contributed by atoms with Gasteiger partial charge in [-0.05, 0) is 50.5 Å². The summed E-state index contributed by atoms with van der Waals surface area (Å²) in [6, 6.07) is 5.57. The second kappa shape index (κ2) is 6.91. The van der Waals surface area contributed by atoms with Crippen LogP contribution in [0.2, 0.25) is 5.02 Å². The predicted molar refractivity (Wildman–Crippen MR) is 106 cm³/mol. The Hall–Kier alpha value is -1.92. The molecule has 0 bridgehead atoms. The molecular weight excluding hydrogens is 386 g/mol. The standard InChI is InChI=1S/C20H20ClNO4S/c1-10(2)26-20(24)14-6-11-9-27-17-8-16(25-3)15(21)7-13(17)18(11)22(19(14)23)12-4-5-12/h6-8,10,12H,4-5,9H2,1-3H3. The molecule has 0 unspecified atom stereocenters. The number of rotatable bonds is 4. The van der Waals surface area contributed by atoms with Gasteiger partial charge < -0.3 is 14.0 Å². The smallest absolute Gasteiger partial charge is 0.344 e. The first-order valence-corrected chi connectivity index (χ1v) is 10.3. The van der Waals surface area contributed by atoms with Gasteiger partial charge in [-0.3, -0.25) is 4.79 Å². The zero-order chi connectivity index (χ0) is 19.3. The maximum atomic E-state index is 13.2. The Kier molecular flexibility index (Phi) is 4.72. The third kappa shape index (κ3) is 3.25. The highest BCUT2D eigenvalue weighted by molar-refractivity contribution is 7.98. The molecule has 142 valence electrons. The number of ether oxygens (including phenoxy) is 2. The van der Waals surface area contributed by atoms with Crippen molar-refractivity contribution in [2.45, 2.75) is 49.5 Å². The van der Waals surface area contributed by atoms with Crippen molar-refractivity contribution in [3.05, 3.63) is 44.7 Å². The molecule has 4 rings (SSSR count). The number of esters is 1. The maximum absolute atomic E-state index is 13.2. The minimum atomic E-state index is -0.559. The average molecular weight is 406 g/mol. The second-order valence-electron chi connectivity index (χ2n) is 7.06. The van der Waals surface area contributed by atoms with E-state index in [1.54, 1.807) is 43.4 Å². The number of carbonyl (C=O) groups is 1. The van der Waals surface area contributed by atoms with Gasteiger partial charge in [-0.2, -0.15) is 0 Å². The molecule has 1 aliphatic heterocycles. The van der Waals surface area contributed by atoms with E-state index in [0.717, 1.165) is 34.6 Å². The summed E-state index contributed by atoms with van der Waals surface area (Å²) in [5.74, 6) is 0.724. The van der Waals surface area contributed by atoms with E-state index < -0.39 is 5.97 Å². The van der Waals surface area contributed by atoms with Crippen LogP contribution in [0, 0.1) is 0 Å². The summed E-state index contributed by atoms with van der Waals surface area (Å²) in [4.78, 5) is 26.6.